The number of hydrogen-bond donors (Lipinski definition) is 2. The molecule has 0 saturated heterocycles. The van der Waals surface area contributed by atoms with Crippen molar-refractivity contribution in [2.45, 2.75) is 32.4 Å². The highest BCUT2D eigenvalue weighted by atomic mass is 16.1. The van der Waals surface area contributed by atoms with Crippen molar-refractivity contribution in [1.29, 1.82) is 0 Å². The van der Waals surface area contributed by atoms with Crippen molar-refractivity contribution in [3.05, 3.63) is 83.2 Å². The van der Waals surface area contributed by atoms with Crippen molar-refractivity contribution in [3.63, 3.8) is 0 Å². The van der Waals surface area contributed by atoms with Gasteiger partial charge in [0, 0.05) is 24.8 Å². The molecule has 1 heterocycles. The number of aromatic nitrogens is 2. The second-order valence-corrected chi connectivity index (χ2v) is 7.46. The number of nitrogens with zero attached hydrogens (tertiary/aromatic N) is 3. The summed E-state index contributed by atoms with van der Waals surface area (Å²) in [5.74, 6) is 0.318. The fourth-order valence-electron chi connectivity index (χ4n) is 3.73. The van der Waals surface area contributed by atoms with Crippen LogP contribution in [0.5, 0.6) is 0 Å². The third-order valence-corrected chi connectivity index (χ3v) is 5.19. The monoisotopic (exact) mass is 407 g/mol. The Labute approximate surface area is 179 Å². The van der Waals surface area contributed by atoms with Crippen molar-refractivity contribution in [1.82, 2.24) is 14.7 Å². The maximum Gasteiger partial charge on any atom is 0.106 e. The molecule has 0 bridgehead atoms. The zero-order chi connectivity index (χ0) is 21.9. The lowest BCUT2D eigenvalue weighted by atomic mass is 9.91. The molecule has 0 radical (unpaired) electrons. The number of aryl methyl sites for hydroxylation is 1. The average molecular weight is 408 g/mol. The summed E-state index contributed by atoms with van der Waals surface area (Å²) in [6.45, 7) is 7.09. The van der Waals surface area contributed by atoms with Gasteiger partial charge in [0.2, 0.25) is 0 Å². The zero-order valence-electron chi connectivity index (χ0n) is 18.0. The first-order chi connectivity index (χ1) is 14.6. The molecule has 1 aromatic heterocycles. The van der Waals surface area contributed by atoms with E-state index in [1.165, 1.54) is 22.3 Å². The van der Waals surface area contributed by atoms with Crippen molar-refractivity contribution < 1.29 is 4.79 Å². The number of para-hydroxylation sites is 1. The Kier molecular flexibility index (Phi) is 9.41. The summed E-state index contributed by atoms with van der Waals surface area (Å²) in [4.78, 5) is 10.3. The number of carbonyl (C=O) groups excluding carboxylic acids is 1. The second kappa shape index (κ2) is 12.0. The van der Waals surface area contributed by atoms with Gasteiger partial charge < -0.3 is 16.3 Å². The first-order valence-corrected chi connectivity index (χ1v) is 10.2. The van der Waals surface area contributed by atoms with Crippen LogP contribution >= 0.6 is 0 Å². The summed E-state index contributed by atoms with van der Waals surface area (Å²) in [5.41, 5.74) is 18.0. The maximum atomic E-state index is 8.00. The van der Waals surface area contributed by atoms with E-state index in [0.29, 0.717) is 19.0 Å². The molecule has 0 aliphatic carbocycles. The molecule has 160 valence electrons. The highest BCUT2D eigenvalue weighted by molar-refractivity contribution is 5.39. The van der Waals surface area contributed by atoms with E-state index in [4.69, 9.17) is 16.3 Å². The first kappa shape index (κ1) is 23.5. The summed E-state index contributed by atoms with van der Waals surface area (Å²) in [7, 11) is 2.14. The van der Waals surface area contributed by atoms with E-state index in [0.717, 1.165) is 25.2 Å². The molecule has 0 aliphatic rings. The normalized spacial score (nSPS) is 11.8. The van der Waals surface area contributed by atoms with E-state index in [1.807, 2.05) is 29.8 Å². The molecule has 1 unspecified atom stereocenters. The summed E-state index contributed by atoms with van der Waals surface area (Å²) >= 11 is 0. The smallest absolute Gasteiger partial charge is 0.106 e. The predicted octanol–water partition coefficient (Wildman–Crippen LogP) is 3.02. The number of carbonyl (C=O) groups is 1. The molecule has 0 fully saturated rings. The Balaban J connectivity index is 0.00000155. The molecule has 3 rings (SSSR count). The van der Waals surface area contributed by atoms with Crippen LogP contribution in [0, 0.1) is 6.92 Å². The molecule has 30 heavy (non-hydrogen) atoms. The van der Waals surface area contributed by atoms with Gasteiger partial charge in [-0.15, -0.1) is 0 Å². The summed E-state index contributed by atoms with van der Waals surface area (Å²) in [6.07, 6.45) is 4.98. The van der Waals surface area contributed by atoms with Crippen LogP contribution in [0.3, 0.4) is 0 Å². The van der Waals surface area contributed by atoms with Gasteiger partial charge >= 0.3 is 0 Å². The van der Waals surface area contributed by atoms with Crippen LogP contribution in [0.25, 0.3) is 5.69 Å². The predicted molar refractivity (Wildman–Crippen MR) is 123 cm³/mol. The van der Waals surface area contributed by atoms with Gasteiger partial charge in [0.05, 0.1) is 11.9 Å². The van der Waals surface area contributed by atoms with Gasteiger partial charge in [-0.1, -0.05) is 42.5 Å². The number of benzene rings is 2. The topological polar surface area (TPSA) is 90.2 Å². The van der Waals surface area contributed by atoms with Crippen LogP contribution in [0.4, 0.5) is 0 Å². The molecule has 0 amide bonds. The minimum atomic E-state index is 0.318. The molecular weight excluding hydrogens is 374 g/mol. The minimum Gasteiger partial charge on any atom is -0.330 e. The van der Waals surface area contributed by atoms with Crippen LogP contribution in [0.2, 0.25) is 0 Å². The van der Waals surface area contributed by atoms with Gasteiger partial charge in [0.25, 0.3) is 0 Å². The van der Waals surface area contributed by atoms with Crippen molar-refractivity contribution in [2.75, 3.05) is 20.1 Å². The Morgan fingerprint density at radius 1 is 1.07 bits per heavy atom. The molecular formula is C24H33N5O. The van der Waals surface area contributed by atoms with E-state index in [-0.39, 0.29) is 0 Å². The molecule has 0 saturated carbocycles. The fraction of sp³-hybridized carbons (Fsp3) is 0.333. The second-order valence-electron chi connectivity index (χ2n) is 7.46. The lowest BCUT2D eigenvalue weighted by Crippen LogP contribution is -2.21. The Morgan fingerprint density at radius 2 is 1.77 bits per heavy atom. The van der Waals surface area contributed by atoms with Gasteiger partial charge in [0.1, 0.15) is 6.79 Å². The molecule has 6 heteroatoms. The highest BCUT2D eigenvalue weighted by Gasteiger charge is 2.14. The van der Waals surface area contributed by atoms with E-state index in [9.17, 15) is 0 Å². The number of hydrogen-bond acceptors (Lipinski definition) is 5. The van der Waals surface area contributed by atoms with Crippen LogP contribution < -0.4 is 11.5 Å². The van der Waals surface area contributed by atoms with E-state index in [1.54, 1.807) is 0 Å². The third kappa shape index (κ3) is 6.10. The molecule has 2 aromatic carbocycles. The van der Waals surface area contributed by atoms with Crippen LogP contribution in [0.1, 0.15) is 34.6 Å². The lowest BCUT2D eigenvalue weighted by molar-refractivity contribution is -0.0979. The molecule has 6 nitrogen and oxygen atoms in total. The summed E-state index contributed by atoms with van der Waals surface area (Å²) in [6, 6.07) is 16.9. The molecule has 1 atom stereocenters. The van der Waals surface area contributed by atoms with Gasteiger partial charge in [-0.25, -0.2) is 4.68 Å². The average Bonchev–Trinajstić information content (AvgIpc) is 3.22. The van der Waals surface area contributed by atoms with E-state index in [2.05, 4.69) is 66.6 Å². The third-order valence-electron chi connectivity index (χ3n) is 5.19. The van der Waals surface area contributed by atoms with Crippen LogP contribution in [0.15, 0.2) is 60.9 Å². The fourth-order valence-corrected chi connectivity index (χ4v) is 3.73. The van der Waals surface area contributed by atoms with Gasteiger partial charge in [-0.05, 0) is 62.2 Å². The Bertz CT molecular complexity index is 908. The van der Waals surface area contributed by atoms with Crippen molar-refractivity contribution >= 4 is 6.79 Å². The Hall–Kier alpha value is -2.80. The molecule has 0 aliphatic heterocycles. The summed E-state index contributed by atoms with van der Waals surface area (Å²) < 4.78 is 1.96. The largest absolute Gasteiger partial charge is 0.330 e. The summed E-state index contributed by atoms with van der Waals surface area (Å²) in [5, 5.41) is 4.55. The zero-order valence-corrected chi connectivity index (χ0v) is 18.0. The van der Waals surface area contributed by atoms with Gasteiger partial charge in [-0.2, -0.15) is 5.10 Å². The van der Waals surface area contributed by atoms with Crippen LogP contribution in [-0.2, 0) is 17.9 Å². The standard InChI is InChI=1S/C23H31N5.CH2O/c1-18-7-3-6-10-23(18)28-16-19(14-26-28)15-27(2)17-21-8-4-5-9-22(21)20(13-25)11-12-24;1-2/h3-10,14,16,20H,11-13,15,17,24-25H2,1-2H3;1H2. The van der Waals surface area contributed by atoms with Crippen molar-refractivity contribution in [2.24, 2.45) is 11.5 Å². The maximum absolute atomic E-state index is 8.00. The highest BCUT2D eigenvalue weighted by Crippen LogP contribution is 2.23. The van der Waals surface area contributed by atoms with Crippen molar-refractivity contribution in [3.8, 4) is 5.69 Å². The van der Waals surface area contributed by atoms with E-state index < -0.39 is 0 Å². The molecule has 4 N–H and O–H groups in total. The van der Waals surface area contributed by atoms with Gasteiger partial charge in [-0.3, -0.25) is 4.90 Å². The molecule has 0 spiro atoms. The van der Waals surface area contributed by atoms with E-state index >= 15 is 0 Å². The lowest BCUT2D eigenvalue weighted by Gasteiger charge is -2.22. The Morgan fingerprint density at radius 3 is 2.47 bits per heavy atom. The molecule has 3 aromatic rings. The SMILES string of the molecule is C=O.Cc1ccccc1-n1cc(CN(C)Cc2ccccc2C(CN)CCN)cn1. The first-order valence-electron chi connectivity index (χ1n) is 10.2. The van der Waals surface area contributed by atoms with Crippen LogP contribution in [-0.4, -0.2) is 41.6 Å². The number of rotatable bonds is 9. The quantitative estimate of drug-likeness (QED) is 0.569. The van der Waals surface area contributed by atoms with Gasteiger partial charge in [0.15, 0.2) is 0 Å². The number of nitrogens with two attached hydrogens (primary N) is 2. The minimum absolute atomic E-state index is 0.318.